The number of thioether (sulfide) groups is 1. The van der Waals surface area contributed by atoms with Crippen molar-refractivity contribution in [3.05, 3.63) is 29.8 Å². The largest absolute Gasteiger partial charge is 0.375 e. The number of aromatic nitrogens is 3. The number of alkyl halides is 2. The van der Waals surface area contributed by atoms with Gasteiger partial charge in [0.15, 0.2) is 11.0 Å². The Kier molecular flexibility index (Phi) is 5.69. The maximum atomic E-state index is 11.9. The third kappa shape index (κ3) is 4.25. The van der Waals surface area contributed by atoms with Crippen LogP contribution >= 0.6 is 11.8 Å². The van der Waals surface area contributed by atoms with Crippen molar-refractivity contribution < 1.29 is 13.5 Å². The van der Waals surface area contributed by atoms with Gasteiger partial charge in [-0.05, 0) is 12.5 Å². The molecule has 0 fully saturated rings. The molecule has 21 heavy (non-hydrogen) atoms. The molecule has 0 radical (unpaired) electrons. The van der Waals surface area contributed by atoms with Gasteiger partial charge in [0.05, 0.1) is 6.61 Å². The first-order valence-electron chi connectivity index (χ1n) is 6.53. The first-order valence-corrected chi connectivity index (χ1v) is 7.52. The zero-order valence-corrected chi connectivity index (χ0v) is 12.7. The number of nitrogens with zero attached hydrogens (tertiary/aromatic N) is 3. The van der Waals surface area contributed by atoms with Crippen LogP contribution in [-0.2, 0) is 11.8 Å². The molecule has 1 heterocycles. The highest BCUT2D eigenvalue weighted by Crippen LogP contribution is 2.24. The summed E-state index contributed by atoms with van der Waals surface area (Å²) in [5.41, 5.74) is 2.16. The predicted octanol–water partition coefficient (Wildman–Crippen LogP) is 3.16. The predicted molar refractivity (Wildman–Crippen MR) is 78.7 cm³/mol. The van der Waals surface area contributed by atoms with Crippen molar-refractivity contribution in [3.63, 3.8) is 0 Å². The Morgan fingerprint density at radius 3 is 2.76 bits per heavy atom. The second-order valence-corrected chi connectivity index (χ2v) is 5.56. The van der Waals surface area contributed by atoms with Crippen LogP contribution in [0.2, 0.25) is 0 Å². The van der Waals surface area contributed by atoms with E-state index >= 15 is 0 Å². The summed E-state index contributed by atoms with van der Waals surface area (Å²) in [6.45, 7) is 1.77. The van der Waals surface area contributed by atoms with Gasteiger partial charge >= 0.3 is 0 Å². The van der Waals surface area contributed by atoms with Crippen molar-refractivity contribution in [2.24, 2.45) is 7.05 Å². The van der Waals surface area contributed by atoms with E-state index in [2.05, 4.69) is 10.2 Å². The summed E-state index contributed by atoms with van der Waals surface area (Å²) in [5, 5.41) is 9.09. The molecule has 1 aromatic carbocycles. The molecule has 0 unspecified atom stereocenters. The van der Waals surface area contributed by atoms with E-state index in [0.29, 0.717) is 5.75 Å². The molecule has 7 heteroatoms. The van der Waals surface area contributed by atoms with Crippen molar-refractivity contribution in [1.82, 2.24) is 14.8 Å². The Bertz CT molecular complexity index is 589. The minimum atomic E-state index is -2.42. The summed E-state index contributed by atoms with van der Waals surface area (Å²) < 4.78 is 30.6. The SMILES string of the molecule is Cc1ccccc1-c1nnc(SCCOCC(F)F)n1C. The van der Waals surface area contributed by atoms with Crippen LogP contribution in [-0.4, -0.2) is 40.2 Å². The fraction of sp³-hybridized carbons (Fsp3) is 0.429. The first-order chi connectivity index (χ1) is 10.1. The highest BCUT2D eigenvalue weighted by molar-refractivity contribution is 7.99. The molecule has 1 aromatic heterocycles. The second kappa shape index (κ2) is 7.51. The fourth-order valence-electron chi connectivity index (χ4n) is 1.86. The number of ether oxygens (including phenoxy) is 1. The van der Waals surface area contributed by atoms with Crippen LogP contribution in [0.15, 0.2) is 29.4 Å². The molecule has 0 N–H and O–H groups in total. The molecule has 0 amide bonds. The van der Waals surface area contributed by atoms with Crippen molar-refractivity contribution >= 4 is 11.8 Å². The second-order valence-electron chi connectivity index (χ2n) is 4.49. The fourth-order valence-corrected chi connectivity index (χ4v) is 2.63. The van der Waals surface area contributed by atoms with Gasteiger partial charge in [-0.3, -0.25) is 0 Å². The van der Waals surface area contributed by atoms with E-state index in [4.69, 9.17) is 4.74 Å². The lowest BCUT2D eigenvalue weighted by Crippen LogP contribution is -2.07. The lowest BCUT2D eigenvalue weighted by atomic mass is 10.1. The van der Waals surface area contributed by atoms with Crippen molar-refractivity contribution in [1.29, 1.82) is 0 Å². The summed E-state index contributed by atoms with van der Waals surface area (Å²) in [6, 6.07) is 7.96. The molecule has 2 aromatic rings. The molecule has 0 aliphatic rings. The summed E-state index contributed by atoms with van der Waals surface area (Å²) >= 11 is 1.44. The van der Waals surface area contributed by atoms with Gasteiger partial charge in [0.1, 0.15) is 6.61 Å². The van der Waals surface area contributed by atoms with E-state index in [1.165, 1.54) is 11.8 Å². The van der Waals surface area contributed by atoms with Crippen molar-refractivity contribution in [3.8, 4) is 11.4 Å². The van der Waals surface area contributed by atoms with Crippen LogP contribution in [0.4, 0.5) is 8.78 Å². The van der Waals surface area contributed by atoms with E-state index in [9.17, 15) is 8.78 Å². The number of hydrogen-bond donors (Lipinski definition) is 0. The van der Waals surface area contributed by atoms with E-state index < -0.39 is 13.0 Å². The lowest BCUT2D eigenvalue weighted by Gasteiger charge is -2.06. The van der Waals surface area contributed by atoms with Crippen LogP contribution in [0.5, 0.6) is 0 Å². The van der Waals surface area contributed by atoms with E-state index in [1.54, 1.807) is 0 Å². The lowest BCUT2D eigenvalue weighted by molar-refractivity contribution is 0.0237. The van der Waals surface area contributed by atoms with Crippen LogP contribution in [0, 0.1) is 6.92 Å². The molecule has 0 spiro atoms. The van der Waals surface area contributed by atoms with Gasteiger partial charge in [-0.1, -0.05) is 36.0 Å². The highest BCUT2D eigenvalue weighted by atomic mass is 32.2. The van der Waals surface area contributed by atoms with E-state index in [1.807, 2.05) is 42.8 Å². The summed E-state index contributed by atoms with van der Waals surface area (Å²) in [7, 11) is 1.89. The Morgan fingerprint density at radius 1 is 1.29 bits per heavy atom. The van der Waals surface area contributed by atoms with Crippen molar-refractivity contribution in [2.75, 3.05) is 19.0 Å². The molecular weight excluding hydrogens is 296 g/mol. The minimum Gasteiger partial charge on any atom is -0.375 e. The maximum Gasteiger partial charge on any atom is 0.261 e. The molecule has 0 aliphatic carbocycles. The molecule has 0 saturated carbocycles. The maximum absolute atomic E-state index is 11.9. The number of rotatable bonds is 7. The molecular formula is C14H17F2N3OS. The first kappa shape index (κ1) is 15.9. The smallest absolute Gasteiger partial charge is 0.261 e. The van der Waals surface area contributed by atoms with Gasteiger partial charge < -0.3 is 9.30 Å². The minimum absolute atomic E-state index is 0.265. The zero-order valence-electron chi connectivity index (χ0n) is 11.9. The quantitative estimate of drug-likeness (QED) is 0.581. The zero-order chi connectivity index (χ0) is 15.2. The van der Waals surface area contributed by atoms with Crippen LogP contribution < -0.4 is 0 Å². The highest BCUT2D eigenvalue weighted by Gasteiger charge is 2.12. The Morgan fingerprint density at radius 2 is 2.05 bits per heavy atom. The van der Waals surface area contributed by atoms with Crippen LogP contribution in [0.25, 0.3) is 11.4 Å². The third-order valence-corrected chi connectivity index (χ3v) is 3.91. The normalized spacial score (nSPS) is 11.3. The molecule has 2 rings (SSSR count). The van der Waals surface area contributed by atoms with Crippen molar-refractivity contribution in [2.45, 2.75) is 18.5 Å². The Hall–Kier alpha value is -1.47. The number of benzene rings is 1. The molecule has 114 valence electrons. The molecule has 4 nitrogen and oxygen atoms in total. The number of aryl methyl sites for hydroxylation is 1. The monoisotopic (exact) mass is 313 g/mol. The van der Waals surface area contributed by atoms with E-state index in [-0.39, 0.29) is 6.61 Å². The molecule has 0 atom stereocenters. The van der Waals surface area contributed by atoms with Gasteiger partial charge in [0.2, 0.25) is 0 Å². The summed E-state index contributed by atoms with van der Waals surface area (Å²) in [5.74, 6) is 1.36. The van der Waals surface area contributed by atoms with E-state index in [0.717, 1.165) is 22.1 Å². The average Bonchev–Trinajstić information content (AvgIpc) is 2.80. The summed E-state index contributed by atoms with van der Waals surface area (Å²) in [4.78, 5) is 0. The van der Waals surface area contributed by atoms with Gasteiger partial charge in [0, 0.05) is 18.4 Å². The summed E-state index contributed by atoms with van der Waals surface area (Å²) in [6.07, 6.45) is -2.42. The Labute approximate surface area is 126 Å². The molecule has 0 bridgehead atoms. The average molecular weight is 313 g/mol. The molecule has 0 saturated heterocycles. The van der Waals surface area contributed by atoms with Gasteiger partial charge in [-0.15, -0.1) is 10.2 Å². The van der Waals surface area contributed by atoms with Crippen LogP contribution in [0.3, 0.4) is 0 Å². The van der Waals surface area contributed by atoms with Gasteiger partial charge in [-0.2, -0.15) is 0 Å². The molecule has 0 aliphatic heterocycles. The topological polar surface area (TPSA) is 39.9 Å². The standard InChI is InChI=1S/C14H17F2N3OS/c1-10-5-3-4-6-11(10)13-17-18-14(19(13)2)21-8-7-20-9-12(15)16/h3-6,12H,7-9H2,1-2H3. The Balaban J connectivity index is 1.96. The van der Waals surface area contributed by atoms with Gasteiger partial charge in [-0.25, -0.2) is 8.78 Å². The third-order valence-electron chi connectivity index (χ3n) is 2.92. The van der Waals surface area contributed by atoms with Crippen LogP contribution in [0.1, 0.15) is 5.56 Å². The number of hydrogen-bond acceptors (Lipinski definition) is 4. The van der Waals surface area contributed by atoms with Gasteiger partial charge in [0.25, 0.3) is 6.43 Å². The number of halogens is 2.